The monoisotopic (exact) mass is 424 g/mol. The van der Waals surface area contributed by atoms with Crippen LogP contribution in [0.25, 0.3) is 10.9 Å². The summed E-state index contributed by atoms with van der Waals surface area (Å²) in [5, 5.41) is 4.39. The molecule has 152 valence electrons. The molecule has 4 rings (SSSR count). The minimum Gasteiger partial charge on any atom is -0.495 e. The zero-order chi connectivity index (χ0) is 21.1. The number of anilines is 3. The first-order valence-electron chi connectivity index (χ1n) is 9.05. The Balaban J connectivity index is 1.54. The third-order valence-corrected chi connectivity index (χ3v) is 4.76. The zero-order valence-corrected chi connectivity index (χ0v) is 16.8. The Labute approximate surface area is 177 Å². The summed E-state index contributed by atoms with van der Waals surface area (Å²) < 4.78 is 24.3. The van der Waals surface area contributed by atoms with E-state index in [0.717, 1.165) is 5.39 Å². The van der Waals surface area contributed by atoms with Gasteiger partial charge in [-0.15, -0.1) is 0 Å². The predicted octanol–water partition coefficient (Wildman–Crippen LogP) is 5.34. The number of halogens is 2. The van der Waals surface area contributed by atoms with Crippen LogP contribution in [0, 0.1) is 5.82 Å². The SMILES string of the molecule is COc1cc2ncnc(Nc3ccc(OCc4cccc(F)c4)c(Cl)c3)c2cc1N. The van der Waals surface area contributed by atoms with E-state index in [0.29, 0.717) is 44.8 Å². The number of hydrogen-bond acceptors (Lipinski definition) is 6. The van der Waals surface area contributed by atoms with Crippen molar-refractivity contribution in [2.75, 3.05) is 18.2 Å². The van der Waals surface area contributed by atoms with Gasteiger partial charge in [0.15, 0.2) is 0 Å². The van der Waals surface area contributed by atoms with Crippen LogP contribution in [-0.4, -0.2) is 17.1 Å². The molecule has 4 aromatic rings. The van der Waals surface area contributed by atoms with Gasteiger partial charge in [0.2, 0.25) is 0 Å². The average Bonchev–Trinajstić information content (AvgIpc) is 2.73. The van der Waals surface area contributed by atoms with Gasteiger partial charge >= 0.3 is 0 Å². The second-order valence-corrected chi connectivity index (χ2v) is 6.93. The van der Waals surface area contributed by atoms with Gasteiger partial charge in [-0.1, -0.05) is 23.7 Å². The Morgan fingerprint density at radius 2 is 1.93 bits per heavy atom. The summed E-state index contributed by atoms with van der Waals surface area (Å²) in [6.45, 7) is 0.210. The summed E-state index contributed by atoms with van der Waals surface area (Å²) in [7, 11) is 1.55. The van der Waals surface area contributed by atoms with Gasteiger partial charge in [-0.2, -0.15) is 0 Å². The molecule has 1 heterocycles. The van der Waals surface area contributed by atoms with Gasteiger partial charge in [0.05, 0.1) is 23.3 Å². The lowest BCUT2D eigenvalue weighted by atomic mass is 10.2. The fourth-order valence-electron chi connectivity index (χ4n) is 3.00. The molecule has 0 amide bonds. The van der Waals surface area contributed by atoms with Gasteiger partial charge in [-0.05, 0) is 42.0 Å². The summed E-state index contributed by atoms with van der Waals surface area (Å²) in [5.74, 6) is 1.32. The third kappa shape index (κ3) is 4.21. The number of hydrogen-bond donors (Lipinski definition) is 2. The van der Waals surface area contributed by atoms with Crippen LogP contribution in [0.2, 0.25) is 5.02 Å². The Hall–Kier alpha value is -3.58. The van der Waals surface area contributed by atoms with E-state index >= 15 is 0 Å². The molecule has 0 aliphatic rings. The van der Waals surface area contributed by atoms with E-state index in [2.05, 4.69) is 15.3 Å². The van der Waals surface area contributed by atoms with Crippen molar-refractivity contribution in [1.29, 1.82) is 0 Å². The quantitative estimate of drug-likeness (QED) is 0.407. The molecule has 6 nitrogen and oxygen atoms in total. The van der Waals surface area contributed by atoms with Crippen LogP contribution in [0.5, 0.6) is 11.5 Å². The second-order valence-electron chi connectivity index (χ2n) is 6.52. The maximum Gasteiger partial charge on any atom is 0.143 e. The number of aromatic nitrogens is 2. The number of nitrogen functional groups attached to an aromatic ring is 1. The summed E-state index contributed by atoms with van der Waals surface area (Å²) in [4.78, 5) is 8.57. The van der Waals surface area contributed by atoms with Gasteiger partial charge in [-0.3, -0.25) is 0 Å². The first kappa shape index (κ1) is 19.7. The molecule has 1 aromatic heterocycles. The van der Waals surface area contributed by atoms with Crippen LogP contribution < -0.4 is 20.5 Å². The number of benzene rings is 3. The third-order valence-electron chi connectivity index (χ3n) is 4.46. The van der Waals surface area contributed by atoms with Gasteiger partial charge in [0.1, 0.15) is 36.1 Å². The van der Waals surface area contributed by atoms with Crippen molar-refractivity contribution >= 4 is 39.7 Å². The molecule has 0 bridgehead atoms. The molecule has 0 atom stereocenters. The number of ether oxygens (including phenoxy) is 2. The molecule has 8 heteroatoms. The molecule has 0 saturated carbocycles. The fourth-order valence-corrected chi connectivity index (χ4v) is 3.23. The van der Waals surface area contributed by atoms with E-state index in [1.807, 2.05) is 6.07 Å². The van der Waals surface area contributed by atoms with Gasteiger partial charge in [0, 0.05) is 17.1 Å². The van der Waals surface area contributed by atoms with Gasteiger partial charge < -0.3 is 20.5 Å². The molecule has 30 heavy (non-hydrogen) atoms. The van der Waals surface area contributed by atoms with Crippen LogP contribution >= 0.6 is 11.6 Å². The minimum absolute atomic E-state index is 0.210. The maximum atomic E-state index is 13.3. The second kappa shape index (κ2) is 8.42. The molecule has 0 radical (unpaired) electrons. The zero-order valence-electron chi connectivity index (χ0n) is 16.0. The van der Waals surface area contributed by atoms with Crippen molar-refractivity contribution in [3.63, 3.8) is 0 Å². The Morgan fingerprint density at radius 3 is 2.70 bits per heavy atom. The first-order chi connectivity index (χ1) is 14.5. The highest BCUT2D eigenvalue weighted by atomic mass is 35.5. The highest BCUT2D eigenvalue weighted by molar-refractivity contribution is 6.32. The molecule has 3 aromatic carbocycles. The number of methoxy groups -OCH3 is 1. The molecular weight excluding hydrogens is 407 g/mol. The molecular formula is C22H18ClFN4O2. The van der Waals surface area contributed by atoms with Crippen LogP contribution in [0.4, 0.5) is 21.6 Å². The van der Waals surface area contributed by atoms with E-state index in [1.54, 1.807) is 43.5 Å². The normalized spacial score (nSPS) is 10.8. The number of rotatable bonds is 6. The molecule has 3 N–H and O–H groups in total. The van der Waals surface area contributed by atoms with Crippen LogP contribution in [0.15, 0.2) is 60.9 Å². The summed E-state index contributed by atoms with van der Waals surface area (Å²) in [6.07, 6.45) is 1.46. The van der Waals surface area contributed by atoms with Crippen molar-refractivity contribution in [3.05, 3.63) is 77.3 Å². The Bertz CT molecular complexity index is 1220. The van der Waals surface area contributed by atoms with Crippen molar-refractivity contribution in [1.82, 2.24) is 9.97 Å². The minimum atomic E-state index is -0.308. The predicted molar refractivity (Wildman–Crippen MR) is 116 cm³/mol. The molecule has 0 fully saturated rings. The highest BCUT2D eigenvalue weighted by Crippen LogP contribution is 2.33. The number of nitrogens with two attached hydrogens (primary N) is 1. The van der Waals surface area contributed by atoms with Crippen molar-refractivity contribution < 1.29 is 13.9 Å². The lowest BCUT2D eigenvalue weighted by Gasteiger charge is -2.13. The lowest BCUT2D eigenvalue weighted by molar-refractivity contribution is 0.306. The Morgan fingerprint density at radius 1 is 1.07 bits per heavy atom. The lowest BCUT2D eigenvalue weighted by Crippen LogP contribution is -2.00. The number of nitrogens with one attached hydrogen (secondary N) is 1. The summed E-state index contributed by atoms with van der Waals surface area (Å²) in [6, 6.07) is 15.0. The van der Waals surface area contributed by atoms with E-state index in [4.69, 9.17) is 26.8 Å². The van der Waals surface area contributed by atoms with E-state index in [-0.39, 0.29) is 12.4 Å². The Kier molecular flexibility index (Phi) is 5.54. The van der Waals surface area contributed by atoms with Gasteiger partial charge in [-0.25, -0.2) is 14.4 Å². The molecule has 0 aliphatic carbocycles. The maximum absolute atomic E-state index is 13.3. The smallest absolute Gasteiger partial charge is 0.143 e. The average molecular weight is 425 g/mol. The van der Waals surface area contributed by atoms with E-state index in [9.17, 15) is 4.39 Å². The van der Waals surface area contributed by atoms with E-state index in [1.165, 1.54) is 18.5 Å². The van der Waals surface area contributed by atoms with Crippen LogP contribution in [-0.2, 0) is 6.61 Å². The van der Waals surface area contributed by atoms with Gasteiger partial charge in [0.25, 0.3) is 0 Å². The number of fused-ring (bicyclic) bond motifs is 1. The standard InChI is InChI=1S/C22H18ClFN4O2/c1-29-21-10-19-16(9-18(21)25)22(27-12-26-19)28-15-5-6-20(17(23)8-15)30-11-13-3-2-4-14(24)7-13/h2-10,12H,11,25H2,1H3,(H,26,27,28). The largest absolute Gasteiger partial charge is 0.495 e. The van der Waals surface area contributed by atoms with Crippen LogP contribution in [0.1, 0.15) is 5.56 Å². The van der Waals surface area contributed by atoms with E-state index < -0.39 is 0 Å². The first-order valence-corrected chi connectivity index (χ1v) is 9.43. The molecule has 0 spiro atoms. The van der Waals surface area contributed by atoms with Crippen molar-refractivity contribution in [2.45, 2.75) is 6.61 Å². The molecule has 0 aliphatic heterocycles. The summed E-state index contributed by atoms with van der Waals surface area (Å²) in [5.41, 5.74) is 8.64. The fraction of sp³-hybridized carbons (Fsp3) is 0.0909. The summed E-state index contributed by atoms with van der Waals surface area (Å²) >= 11 is 6.37. The van der Waals surface area contributed by atoms with Crippen molar-refractivity contribution in [2.24, 2.45) is 0 Å². The van der Waals surface area contributed by atoms with Crippen molar-refractivity contribution in [3.8, 4) is 11.5 Å². The molecule has 0 unspecified atom stereocenters. The number of nitrogens with zero attached hydrogens (tertiary/aromatic N) is 2. The highest BCUT2D eigenvalue weighted by Gasteiger charge is 2.10. The topological polar surface area (TPSA) is 82.3 Å². The van der Waals surface area contributed by atoms with Crippen LogP contribution in [0.3, 0.4) is 0 Å². The molecule has 0 saturated heterocycles.